The first-order valence-corrected chi connectivity index (χ1v) is 9.54. The molecule has 1 fully saturated rings. The van der Waals surface area contributed by atoms with E-state index in [0.717, 1.165) is 31.9 Å². The summed E-state index contributed by atoms with van der Waals surface area (Å²) in [5.41, 5.74) is 3.22. The number of H-pyrrole nitrogens is 1. The summed E-state index contributed by atoms with van der Waals surface area (Å²) in [6.45, 7) is 5.64. The zero-order valence-corrected chi connectivity index (χ0v) is 16.3. The van der Waals surface area contributed by atoms with Crippen LogP contribution >= 0.6 is 0 Å². The van der Waals surface area contributed by atoms with E-state index in [4.69, 9.17) is 0 Å². The van der Waals surface area contributed by atoms with Crippen molar-refractivity contribution in [2.45, 2.75) is 6.92 Å². The van der Waals surface area contributed by atoms with E-state index >= 15 is 0 Å². The largest absolute Gasteiger partial charge is 0.368 e. The van der Waals surface area contributed by atoms with Crippen LogP contribution in [0, 0.1) is 6.92 Å². The molecular formula is C20H21N7O2. The summed E-state index contributed by atoms with van der Waals surface area (Å²) in [4.78, 5) is 36.8. The van der Waals surface area contributed by atoms with Gasteiger partial charge in [-0.15, -0.1) is 0 Å². The number of rotatable bonds is 2. The van der Waals surface area contributed by atoms with Crippen LogP contribution in [0.25, 0.3) is 22.6 Å². The maximum absolute atomic E-state index is 12.8. The van der Waals surface area contributed by atoms with Crippen LogP contribution in [0.3, 0.4) is 0 Å². The molecule has 29 heavy (non-hydrogen) atoms. The van der Waals surface area contributed by atoms with E-state index in [9.17, 15) is 9.59 Å². The third kappa shape index (κ3) is 3.09. The summed E-state index contributed by atoms with van der Waals surface area (Å²) < 4.78 is 3.08. The lowest BCUT2D eigenvalue weighted by atomic mass is 10.2. The summed E-state index contributed by atoms with van der Waals surface area (Å²) in [6.07, 6.45) is 3.58. The summed E-state index contributed by atoms with van der Waals surface area (Å²) >= 11 is 0. The Hall–Kier alpha value is -3.46. The second-order valence-electron chi connectivity index (χ2n) is 7.51. The topological polar surface area (TPSA) is 91.0 Å². The van der Waals surface area contributed by atoms with Crippen LogP contribution in [0.1, 0.15) is 5.69 Å². The van der Waals surface area contributed by atoms with Crippen LogP contribution in [0.5, 0.6) is 0 Å². The third-order valence-electron chi connectivity index (χ3n) is 5.37. The van der Waals surface area contributed by atoms with Crippen molar-refractivity contribution in [1.29, 1.82) is 0 Å². The standard InChI is InChI=1S/C20H21N7O2/c1-13-11-27-17(20(29)21-13)9-16(23-27)15-10-19(28)26-12-14(3-4-18(26)22-15)25-7-5-24(2)6-8-25/h3-4,9-12H,5-8H2,1-2H3,(H,21,29). The number of aromatic amines is 1. The van der Waals surface area contributed by atoms with Crippen molar-refractivity contribution in [1.82, 2.24) is 28.9 Å². The molecule has 1 N–H and O–H groups in total. The molecule has 0 spiro atoms. The maximum Gasteiger partial charge on any atom is 0.274 e. The molecule has 0 atom stereocenters. The zero-order valence-electron chi connectivity index (χ0n) is 16.3. The van der Waals surface area contributed by atoms with E-state index < -0.39 is 0 Å². The van der Waals surface area contributed by atoms with E-state index in [-0.39, 0.29) is 11.1 Å². The van der Waals surface area contributed by atoms with Crippen LogP contribution in [0.15, 0.2) is 46.2 Å². The molecule has 9 nitrogen and oxygen atoms in total. The van der Waals surface area contributed by atoms with Crippen LogP contribution in [0.4, 0.5) is 5.69 Å². The van der Waals surface area contributed by atoms with Crippen molar-refractivity contribution in [3.63, 3.8) is 0 Å². The van der Waals surface area contributed by atoms with E-state index in [2.05, 4.69) is 31.9 Å². The molecule has 0 aliphatic carbocycles. The van der Waals surface area contributed by atoms with Gasteiger partial charge in [0.25, 0.3) is 11.1 Å². The molecule has 9 heteroatoms. The number of anilines is 1. The minimum atomic E-state index is -0.224. The third-order valence-corrected chi connectivity index (χ3v) is 5.37. The van der Waals surface area contributed by atoms with Gasteiger partial charge >= 0.3 is 0 Å². The molecule has 0 radical (unpaired) electrons. The van der Waals surface area contributed by atoms with Crippen molar-refractivity contribution in [3.05, 3.63) is 63.1 Å². The highest BCUT2D eigenvalue weighted by molar-refractivity contribution is 5.64. The van der Waals surface area contributed by atoms with Gasteiger partial charge in [-0.1, -0.05) is 0 Å². The molecule has 1 aliphatic rings. The molecule has 1 aliphatic heterocycles. The van der Waals surface area contributed by atoms with Crippen LogP contribution < -0.4 is 16.0 Å². The minimum absolute atomic E-state index is 0.178. The normalized spacial score (nSPS) is 15.4. The van der Waals surface area contributed by atoms with Crippen molar-refractivity contribution in [2.75, 3.05) is 38.1 Å². The number of aryl methyl sites for hydroxylation is 1. The van der Waals surface area contributed by atoms with Gasteiger partial charge in [0, 0.05) is 50.3 Å². The summed E-state index contributed by atoms with van der Waals surface area (Å²) in [7, 11) is 2.11. The number of hydrogen-bond acceptors (Lipinski definition) is 6. The van der Waals surface area contributed by atoms with Crippen LogP contribution in [-0.2, 0) is 0 Å². The Kier molecular flexibility index (Phi) is 3.99. The molecule has 148 valence electrons. The Balaban J connectivity index is 1.57. The lowest BCUT2D eigenvalue weighted by Gasteiger charge is -2.34. The smallest absolute Gasteiger partial charge is 0.274 e. The Morgan fingerprint density at radius 3 is 2.59 bits per heavy atom. The monoisotopic (exact) mass is 391 g/mol. The van der Waals surface area contributed by atoms with Gasteiger partial charge in [-0.05, 0) is 32.2 Å². The predicted molar refractivity (Wildman–Crippen MR) is 111 cm³/mol. The van der Waals surface area contributed by atoms with Gasteiger partial charge in [-0.3, -0.25) is 14.0 Å². The predicted octanol–water partition coefficient (Wildman–Crippen LogP) is 0.758. The van der Waals surface area contributed by atoms with Gasteiger partial charge in [0.05, 0.1) is 11.4 Å². The quantitative estimate of drug-likeness (QED) is 0.543. The van der Waals surface area contributed by atoms with Crippen molar-refractivity contribution in [2.24, 2.45) is 0 Å². The van der Waals surface area contributed by atoms with Gasteiger partial charge < -0.3 is 14.8 Å². The maximum atomic E-state index is 12.8. The number of nitrogens with one attached hydrogen (secondary N) is 1. The molecule has 0 aromatic carbocycles. The first-order chi connectivity index (χ1) is 14.0. The van der Waals surface area contributed by atoms with Crippen molar-refractivity contribution >= 4 is 16.9 Å². The van der Waals surface area contributed by atoms with E-state index in [1.165, 1.54) is 10.6 Å². The number of likely N-dealkylation sites (N-methyl/N-ethyl adjacent to an activating group) is 1. The molecule has 0 saturated carbocycles. The zero-order chi connectivity index (χ0) is 20.1. The lowest BCUT2D eigenvalue weighted by molar-refractivity contribution is 0.313. The molecular weight excluding hydrogens is 370 g/mol. The number of nitrogens with zero attached hydrogens (tertiary/aromatic N) is 6. The van der Waals surface area contributed by atoms with Gasteiger partial charge in [0.1, 0.15) is 16.9 Å². The van der Waals surface area contributed by atoms with Crippen molar-refractivity contribution < 1.29 is 0 Å². The fourth-order valence-electron chi connectivity index (χ4n) is 3.72. The van der Waals surface area contributed by atoms with Gasteiger partial charge in [-0.2, -0.15) is 5.10 Å². The van der Waals surface area contributed by atoms with Crippen LogP contribution in [-0.4, -0.2) is 62.1 Å². The van der Waals surface area contributed by atoms with Gasteiger partial charge in [0.2, 0.25) is 0 Å². The average Bonchev–Trinajstić information content (AvgIpc) is 3.13. The first kappa shape index (κ1) is 17.6. The van der Waals surface area contributed by atoms with Crippen LogP contribution in [0.2, 0.25) is 0 Å². The van der Waals surface area contributed by atoms with E-state index in [1.807, 2.05) is 18.3 Å². The van der Waals surface area contributed by atoms with Gasteiger partial charge in [0.15, 0.2) is 0 Å². The summed E-state index contributed by atoms with van der Waals surface area (Å²) in [5.74, 6) is 0. The van der Waals surface area contributed by atoms with E-state index in [1.54, 1.807) is 23.6 Å². The van der Waals surface area contributed by atoms with E-state index in [0.29, 0.717) is 28.2 Å². The molecule has 4 aromatic heterocycles. The molecule has 1 saturated heterocycles. The number of pyridine rings is 1. The lowest BCUT2D eigenvalue weighted by Crippen LogP contribution is -2.44. The second-order valence-corrected chi connectivity index (χ2v) is 7.51. The molecule has 5 rings (SSSR count). The summed E-state index contributed by atoms with van der Waals surface area (Å²) in [5, 5.41) is 4.42. The molecule has 0 unspecified atom stereocenters. The fourth-order valence-corrected chi connectivity index (χ4v) is 3.72. The molecule has 0 bridgehead atoms. The Labute approximate surface area is 165 Å². The minimum Gasteiger partial charge on any atom is -0.368 e. The van der Waals surface area contributed by atoms with Gasteiger partial charge in [-0.25, -0.2) is 9.50 Å². The number of hydrogen-bond donors (Lipinski definition) is 1. The highest BCUT2D eigenvalue weighted by atomic mass is 16.1. The Morgan fingerprint density at radius 2 is 1.79 bits per heavy atom. The molecule has 5 heterocycles. The second kappa shape index (κ2) is 6.56. The number of piperazine rings is 1. The van der Waals surface area contributed by atoms with Crippen molar-refractivity contribution in [3.8, 4) is 11.4 Å². The molecule has 4 aromatic rings. The Morgan fingerprint density at radius 1 is 1.00 bits per heavy atom. The highest BCUT2D eigenvalue weighted by Gasteiger charge is 2.16. The Bertz CT molecular complexity index is 1340. The first-order valence-electron chi connectivity index (χ1n) is 9.54. The highest BCUT2D eigenvalue weighted by Crippen LogP contribution is 2.19. The molecule has 0 amide bonds. The number of aromatic nitrogens is 5. The summed E-state index contributed by atoms with van der Waals surface area (Å²) in [6, 6.07) is 6.96. The fraction of sp³-hybridized carbons (Fsp3) is 0.300. The average molecular weight is 391 g/mol. The SMILES string of the molecule is Cc1cn2nc(-c3cc(=O)n4cc(N5CCN(C)CC5)ccc4n3)cc2c(=O)[nH]1. The number of fused-ring (bicyclic) bond motifs is 2.